The fourth-order valence-corrected chi connectivity index (χ4v) is 1.22. The Morgan fingerprint density at radius 1 is 1.42 bits per heavy atom. The molecule has 1 aliphatic carbocycles. The molecule has 2 rings (SSSR count). The monoisotopic (exact) mass is 164 g/mol. The molecule has 1 aromatic heterocycles. The number of hydrogen-bond acceptors (Lipinski definition) is 3. The van der Waals surface area contributed by atoms with Gasteiger partial charge in [-0.05, 0) is 18.8 Å². The lowest BCUT2D eigenvalue weighted by Gasteiger charge is -2.24. The highest BCUT2D eigenvalue weighted by atomic mass is 16.5. The van der Waals surface area contributed by atoms with E-state index >= 15 is 0 Å². The number of rotatable bonds is 3. The average molecular weight is 164 g/mol. The Kier molecular flexibility index (Phi) is 2.21. The van der Waals surface area contributed by atoms with Crippen LogP contribution >= 0.6 is 0 Å². The van der Waals surface area contributed by atoms with Crippen LogP contribution in [0, 0.1) is 5.92 Å². The van der Waals surface area contributed by atoms with E-state index in [0.29, 0.717) is 5.88 Å². The Hall–Kier alpha value is -1.12. The third kappa shape index (κ3) is 1.72. The maximum Gasteiger partial charge on any atom is 0.232 e. The molecular formula is C9H12N2O. The van der Waals surface area contributed by atoms with Crippen LogP contribution in [0.3, 0.4) is 0 Å². The van der Waals surface area contributed by atoms with E-state index in [9.17, 15) is 0 Å². The summed E-state index contributed by atoms with van der Waals surface area (Å²) in [6.07, 6.45) is 8.92. The first-order chi connectivity index (χ1) is 5.95. The van der Waals surface area contributed by atoms with Crippen LogP contribution in [0.4, 0.5) is 0 Å². The van der Waals surface area contributed by atoms with Crippen LogP contribution in [0.2, 0.25) is 0 Å². The van der Waals surface area contributed by atoms with Crippen molar-refractivity contribution in [1.29, 1.82) is 0 Å². The molecule has 1 heterocycles. The molecule has 0 aromatic carbocycles. The van der Waals surface area contributed by atoms with Gasteiger partial charge in [0.2, 0.25) is 5.88 Å². The van der Waals surface area contributed by atoms with Gasteiger partial charge in [-0.1, -0.05) is 6.42 Å². The van der Waals surface area contributed by atoms with Crippen molar-refractivity contribution in [2.75, 3.05) is 6.61 Å². The second-order valence-corrected chi connectivity index (χ2v) is 3.15. The minimum absolute atomic E-state index is 0.643. The molecular weight excluding hydrogens is 152 g/mol. The lowest BCUT2D eigenvalue weighted by atomic mass is 9.86. The van der Waals surface area contributed by atoms with E-state index < -0.39 is 0 Å². The van der Waals surface area contributed by atoms with Gasteiger partial charge < -0.3 is 4.74 Å². The van der Waals surface area contributed by atoms with E-state index in [1.807, 2.05) is 0 Å². The van der Waals surface area contributed by atoms with Crippen molar-refractivity contribution < 1.29 is 4.74 Å². The molecule has 3 nitrogen and oxygen atoms in total. The second kappa shape index (κ2) is 3.52. The van der Waals surface area contributed by atoms with Gasteiger partial charge in [-0.3, -0.25) is 4.98 Å². The molecule has 0 spiro atoms. The minimum Gasteiger partial charge on any atom is -0.476 e. The molecule has 0 saturated heterocycles. The normalized spacial score (nSPS) is 17.0. The zero-order valence-electron chi connectivity index (χ0n) is 6.94. The zero-order chi connectivity index (χ0) is 8.23. The summed E-state index contributed by atoms with van der Waals surface area (Å²) >= 11 is 0. The van der Waals surface area contributed by atoms with Crippen LogP contribution in [0.5, 0.6) is 5.88 Å². The molecule has 0 aliphatic heterocycles. The van der Waals surface area contributed by atoms with Gasteiger partial charge in [0.1, 0.15) is 0 Å². The summed E-state index contributed by atoms with van der Waals surface area (Å²) in [6, 6.07) is 0. The Morgan fingerprint density at radius 3 is 2.92 bits per heavy atom. The summed E-state index contributed by atoms with van der Waals surface area (Å²) in [7, 11) is 0. The van der Waals surface area contributed by atoms with Crippen LogP contribution in [-0.2, 0) is 0 Å². The van der Waals surface area contributed by atoms with Gasteiger partial charge in [0.15, 0.2) is 0 Å². The summed E-state index contributed by atoms with van der Waals surface area (Å²) < 4.78 is 5.44. The topological polar surface area (TPSA) is 35.0 Å². The van der Waals surface area contributed by atoms with Crippen molar-refractivity contribution in [3.63, 3.8) is 0 Å². The Labute approximate surface area is 71.8 Å². The average Bonchev–Trinajstić information content (AvgIpc) is 2.04. The van der Waals surface area contributed by atoms with Gasteiger partial charge in [-0.15, -0.1) is 0 Å². The van der Waals surface area contributed by atoms with E-state index in [1.165, 1.54) is 19.3 Å². The number of hydrogen-bond donors (Lipinski definition) is 0. The number of aromatic nitrogens is 2. The standard InChI is InChI=1S/C9H12N2O/c1-2-8(3-1)7-12-9-6-10-4-5-11-9/h4-6,8H,1-3,7H2. The van der Waals surface area contributed by atoms with Crippen molar-refractivity contribution in [2.24, 2.45) is 5.92 Å². The molecule has 1 aliphatic rings. The quantitative estimate of drug-likeness (QED) is 0.681. The van der Waals surface area contributed by atoms with E-state index in [0.717, 1.165) is 12.5 Å². The summed E-state index contributed by atoms with van der Waals surface area (Å²) in [6.45, 7) is 0.804. The summed E-state index contributed by atoms with van der Waals surface area (Å²) in [4.78, 5) is 7.94. The minimum atomic E-state index is 0.643. The SMILES string of the molecule is c1cnc(OCC2CCC2)cn1. The van der Waals surface area contributed by atoms with Gasteiger partial charge in [-0.25, -0.2) is 4.98 Å². The largest absolute Gasteiger partial charge is 0.476 e. The molecule has 0 radical (unpaired) electrons. The molecule has 0 amide bonds. The summed E-state index contributed by atoms with van der Waals surface area (Å²) in [5.41, 5.74) is 0. The highest BCUT2D eigenvalue weighted by Gasteiger charge is 2.17. The van der Waals surface area contributed by atoms with Crippen LogP contribution in [0.1, 0.15) is 19.3 Å². The molecule has 1 saturated carbocycles. The van der Waals surface area contributed by atoms with Gasteiger partial charge in [0.25, 0.3) is 0 Å². The predicted molar refractivity (Wildman–Crippen MR) is 44.9 cm³/mol. The maximum atomic E-state index is 5.44. The van der Waals surface area contributed by atoms with Crippen LogP contribution in [-0.4, -0.2) is 16.6 Å². The first-order valence-electron chi connectivity index (χ1n) is 4.34. The fourth-order valence-electron chi connectivity index (χ4n) is 1.22. The predicted octanol–water partition coefficient (Wildman–Crippen LogP) is 1.66. The van der Waals surface area contributed by atoms with E-state index in [2.05, 4.69) is 9.97 Å². The smallest absolute Gasteiger partial charge is 0.232 e. The Bertz CT molecular complexity index is 234. The van der Waals surface area contributed by atoms with E-state index in [4.69, 9.17) is 4.74 Å². The first kappa shape index (κ1) is 7.53. The van der Waals surface area contributed by atoms with Crippen LogP contribution in [0.25, 0.3) is 0 Å². The van der Waals surface area contributed by atoms with Crippen molar-refractivity contribution in [3.8, 4) is 5.88 Å². The summed E-state index contributed by atoms with van der Waals surface area (Å²) in [5, 5.41) is 0. The molecule has 12 heavy (non-hydrogen) atoms. The highest BCUT2D eigenvalue weighted by molar-refractivity contribution is 5.01. The molecule has 1 aromatic rings. The molecule has 1 fully saturated rings. The molecule has 0 N–H and O–H groups in total. The van der Waals surface area contributed by atoms with Crippen LogP contribution in [0.15, 0.2) is 18.6 Å². The second-order valence-electron chi connectivity index (χ2n) is 3.15. The number of nitrogens with zero attached hydrogens (tertiary/aromatic N) is 2. The van der Waals surface area contributed by atoms with Gasteiger partial charge >= 0.3 is 0 Å². The fraction of sp³-hybridized carbons (Fsp3) is 0.556. The van der Waals surface area contributed by atoms with Crippen molar-refractivity contribution in [2.45, 2.75) is 19.3 Å². The van der Waals surface area contributed by atoms with Gasteiger partial charge in [0.05, 0.1) is 12.8 Å². The first-order valence-corrected chi connectivity index (χ1v) is 4.34. The van der Waals surface area contributed by atoms with E-state index in [1.54, 1.807) is 18.6 Å². The van der Waals surface area contributed by atoms with Crippen molar-refractivity contribution >= 4 is 0 Å². The van der Waals surface area contributed by atoms with Gasteiger partial charge in [0, 0.05) is 12.4 Å². The third-order valence-corrected chi connectivity index (χ3v) is 2.23. The number of ether oxygens (including phenoxy) is 1. The zero-order valence-corrected chi connectivity index (χ0v) is 6.94. The lowest BCUT2D eigenvalue weighted by molar-refractivity contribution is 0.175. The molecule has 64 valence electrons. The third-order valence-electron chi connectivity index (χ3n) is 2.23. The Morgan fingerprint density at radius 2 is 2.33 bits per heavy atom. The highest BCUT2D eigenvalue weighted by Crippen LogP contribution is 2.26. The molecule has 0 unspecified atom stereocenters. The van der Waals surface area contributed by atoms with Gasteiger partial charge in [-0.2, -0.15) is 0 Å². The molecule has 0 atom stereocenters. The Balaban J connectivity index is 1.79. The van der Waals surface area contributed by atoms with Crippen LogP contribution < -0.4 is 4.74 Å². The summed E-state index contributed by atoms with van der Waals surface area (Å²) in [5.74, 6) is 1.40. The molecule has 3 heteroatoms. The molecule has 0 bridgehead atoms. The maximum absolute atomic E-state index is 5.44. The lowest BCUT2D eigenvalue weighted by Crippen LogP contribution is -2.19. The van der Waals surface area contributed by atoms with Crippen molar-refractivity contribution in [1.82, 2.24) is 9.97 Å². The van der Waals surface area contributed by atoms with E-state index in [-0.39, 0.29) is 0 Å². The van der Waals surface area contributed by atoms with Crippen molar-refractivity contribution in [3.05, 3.63) is 18.6 Å².